The molecule has 0 aliphatic rings. The summed E-state index contributed by atoms with van der Waals surface area (Å²) in [6, 6.07) is 0.416. The fourth-order valence-corrected chi connectivity index (χ4v) is 3.05. The van der Waals surface area contributed by atoms with E-state index in [0.717, 1.165) is 10.9 Å². The average molecular weight is 338 g/mol. The second kappa shape index (κ2) is 5.48. The maximum atomic E-state index is 4.40. The summed E-state index contributed by atoms with van der Waals surface area (Å²) in [4.78, 5) is 0.537. The molecular weight excluding hydrogens is 320 g/mol. The highest BCUT2D eigenvalue weighted by Gasteiger charge is 2.18. The van der Waals surface area contributed by atoms with Crippen molar-refractivity contribution in [1.82, 2.24) is 9.78 Å². The number of nitrogens with zero attached hydrogens (tertiary/aromatic N) is 2. The fraction of sp³-hybridized carbons (Fsp3) is 0.727. The second-order valence-corrected chi connectivity index (χ2v) is 6.75. The minimum Gasteiger partial charge on any atom is -0.266 e. The van der Waals surface area contributed by atoms with E-state index in [1.54, 1.807) is 0 Å². The Labute approximate surface area is 109 Å². The molecule has 0 saturated heterocycles. The van der Waals surface area contributed by atoms with Crippen LogP contribution >= 0.6 is 31.9 Å². The Bertz CT molecular complexity index is 318. The van der Waals surface area contributed by atoms with Gasteiger partial charge in [-0.05, 0) is 36.2 Å². The second-order valence-electron chi connectivity index (χ2n) is 4.33. The Morgan fingerprint density at radius 1 is 1.33 bits per heavy atom. The standard InChI is InChI=1S/C11H18Br2N2/c1-7(2)15-11(10(13)6-14-15)8(3)5-9(4)12/h6-9H,5H2,1-4H3. The van der Waals surface area contributed by atoms with Gasteiger partial charge in [-0.1, -0.05) is 29.8 Å². The summed E-state index contributed by atoms with van der Waals surface area (Å²) in [6.45, 7) is 8.75. The molecule has 0 amide bonds. The Kier molecular flexibility index (Phi) is 4.84. The molecule has 0 bridgehead atoms. The zero-order valence-corrected chi connectivity index (χ0v) is 12.8. The maximum Gasteiger partial charge on any atom is 0.0635 e. The quantitative estimate of drug-likeness (QED) is 0.739. The number of rotatable bonds is 4. The van der Waals surface area contributed by atoms with Crippen LogP contribution in [0.4, 0.5) is 0 Å². The molecule has 2 atom stereocenters. The van der Waals surface area contributed by atoms with Crippen LogP contribution in [0.25, 0.3) is 0 Å². The van der Waals surface area contributed by atoms with Crippen molar-refractivity contribution in [2.24, 2.45) is 0 Å². The largest absolute Gasteiger partial charge is 0.266 e. The monoisotopic (exact) mass is 336 g/mol. The Balaban J connectivity index is 2.95. The van der Waals surface area contributed by atoms with Crippen LogP contribution in [-0.2, 0) is 0 Å². The molecule has 1 rings (SSSR count). The molecule has 0 spiro atoms. The van der Waals surface area contributed by atoms with Crippen LogP contribution in [0.15, 0.2) is 10.7 Å². The molecule has 0 aromatic carbocycles. The molecule has 4 heteroatoms. The van der Waals surface area contributed by atoms with Crippen molar-refractivity contribution in [2.45, 2.75) is 50.9 Å². The van der Waals surface area contributed by atoms with Crippen molar-refractivity contribution < 1.29 is 0 Å². The number of aromatic nitrogens is 2. The van der Waals surface area contributed by atoms with Gasteiger partial charge in [0, 0.05) is 16.8 Å². The molecule has 0 aliphatic carbocycles. The highest BCUT2D eigenvalue weighted by Crippen LogP contribution is 2.31. The predicted molar refractivity (Wildman–Crippen MR) is 71.7 cm³/mol. The van der Waals surface area contributed by atoms with Crippen molar-refractivity contribution in [3.63, 3.8) is 0 Å². The molecule has 0 fully saturated rings. The SMILES string of the molecule is CC(Br)CC(C)c1c(Br)cnn1C(C)C. The van der Waals surface area contributed by atoms with E-state index in [1.807, 2.05) is 6.20 Å². The van der Waals surface area contributed by atoms with Crippen molar-refractivity contribution >= 4 is 31.9 Å². The smallest absolute Gasteiger partial charge is 0.0635 e. The van der Waals surface area contributed by atoms with Crippen LogP contribution in [-0.4, -0.2) is 14.6 Å². The molecule has 0 N–H and O–H groups in total. The molecule has 0 radical (unpaired) electrons. The van der Waals surface area contributed by atoms with Crippen molar-refractivity contribution in [2.75, 3.05) is 0 Å². The third-order valence-electron chi connectivity index (χ3n) is 2.42. The summed E-state index contributed by atoms with van der Waals surface area (Å²) >= 11 is 7.18. The molecule has 2 nitrogen and oxygen atoms in total. The van der Waals surface area contributed by atoms with Gasteiger partial charge in [-0.3, -0.25) is 4.68 Å². The number of alkyl halides is 1. The van der Waals surface area contributed by atoms with Gasteiger partial charge >= 0.3 is 0 Å². The number of halogens is 2. The molecule has 1 heterocycles. The van der Waals surface area contributed by atoms with Gasteiger partial charge in [-0.2, -0.15) is 5.10 Å². The molecule has 1 aromatic rings. The van der Waals surface area contributed by atoms with Gasteiger partial charge in [0.05, 0.1) is 16.4 Å². The first-order chi connectivity index (χ1) is 6.93. The zero-order valence-electron chi connectivity index (χ0n) is 9.67. The predicted octanol–water partition coefficient (Wildman–Crippen LogP) is 4.50. The lowest BCUT2D eigenvalue weighted by molar-refractivity contribution is 0.482. The minimum absolute atomic E-state index is 0.416. The highest BCUT2D eigenvalue weighted by atomic mass is 79.9. The van der Waals surface area contributed by atoms with E-state index >= 15 is 0 Å². The lowest BCUT2D eigenvalue weighted by Gasteiger charge is -2.18. The summed E-state index contributed by atoms with van der Waals surface area (Å²) in [5, 5.41) is 4.40. The Morgan fingerprint density at radius 2 is 1.93 bits per heavy atom. The van der Waals surface area contributed by atoms with Crippen LogP contribution in [0.5, 0.6) is 0 Å². The fourth-order valence-electron chi connectivity index (χ4n) is 1.82. The summed E-state index contributed by atoms with van der Waals surface area (Å²) in [6.07, 6.45) is 3.02. The van der Waals surface area contributed by atoms with Crippen LogP contribution in [0.2, 0.25) is 0 Å². The van der Waals surface area contributed by atoms with E-state index in [2.05, 4.69) is 69.3 Å². The first-order valence-electron chi connectivity index (χ1n) is 5.30. The summed E-state index contributed by atoms with van der Waals surface area (Å²) in [5.74, 6) is 0.513. The summed E-state index contributed by atoms with van der Waals surface area (Å²) in [7, 11) is 0. The van der Waals surface area contributed by atoms with E-state index in [-0.39, 0.29) is 0 Å². The van der Waals surface area contributed by atoms with Gasteiger partial charge in [0.15, 0.2) is 0 Å². The van der Waals surface area contributed by atoms with E-state index in [0.29, 0.717) is 16.8 Å². The van der Waals surface area contributed by atoms with Gasteiger partial charge in [0.1, 0.15) is 0 Å². The van der Waals surface area contributed by atoms with Gasteiger partial charge in [-0.25, -0.2) is 0 Å². The summed E-state index contributed by atoms with van der Waals surface area (Å²) < 4.78 is 3.22. The van der Waals surface area contributed by atoms with Gasteiger partial charge < -0.3 is 0 Å². The van der Waals surface area contributed by atoms with Crippen molar-refractivity contribution in [3.8, 4) is 0 Å². The van der Waals surface area contributed by atoms with Gasteiger partial charge in [0.25, 0.3) is 0 Å². The molecular formula is C11H18Br2N2. The third-order valence-corrected chi connectivity index (χ3v) is 3.41. The minimum atomic E-state index is 0.416. The van der Waals surface area contributed by atoms with E-state index in [4.69, 9.17) is 0 Å². The summed E-state index contributed by atoms with van der Waals surface area (Å²) in [5.41, 5.74) is 1.30. The maximum absolute atomic E-state index is 4.40. The normalized spacial score (nSPS) is 15.7. The molecule has 86 valence electrons. The highest BCUT2D eigenvalue weighted by molar-refractivity contribution is 9.10. The lowest BCUT2D eigenvalue weighted by atomic mass is 10.0. The van der Waals surface area contributed by atoms with Crippen LogP contribution in [0.3, 0.4) is 0 Å². The zero-order chi connectivity index (χ0) is 11.6. The van der Waals surface area contributed by atoms with Crippen molar-refractivity contribution in [3.05, 3.63) is 16.4 Å². The van der Waals surface area contributed by atoms with Crippen LogP contribution < -0.4 is 0 Å². The molecule has 0 aliphatic heterocycles. The third kappa shape index (κ3) is 3.31. The lowest BCUT2D eigenvalue weighted by Crippen LogP contribution is -2.12. The average Bonchev–Trinajstić information content (AvgIpc) is 2.45. The van der Waals surface area contributed by atoms with Gasteiger partial charge in [-0.15, -0.1) is 0 Å². The first-order valence-corrected chi connectivity index (χ1v) is 7.01. The molecule has 1 aromatic heterocycles. The first kappa shape index (κ1) is 13.2. The Hall–Kier alpha value is 0.170. The van der Waals surface area contributed by atoms with Crippen LogP contribution in [0, 0.1) is 0 Å². The van der Waals surface area contributed by atoms with E-state index in [9.17, 15) is 0 Å². The number of hydrogen-bond acceptors (Lipinski definition) is 1. The van der Waals surface area contributed by atoms with Crippen LogP contribution in [0.1, 0.15) is 51.8 Å². The molecule has 0 saturated carbocycles. The van der Waals surface area contributed by atoms with Crippen molar-refractivity contribution in [1.29, 1.82) is 0 Å². The van der Waals surface area contributed by atoms with E-state index < -0.39 is 0 Å². The topological polar surface area (TPSA) is 17.8 Å². The Morgan fingerprint density at radius 3 is 2.40 bits per heavy atom. The molecule has 2 unspecified atom stereocenters. The molecule has 15 heavy (non-hydrogen) atoms. The number of hydrogen-bond donors (Lipinski definition) is 0. The van der Waals surface area contributed by atoms with Gasteiger partial charge in [0.2, 0.25) is 0 Å². The van der Waals surface area contributed by atoms with E-state index in [1.165, 1.54) is 5.69 Å².